The SMILES string of the molecule is CC(C)N(Cc1ccccc1)c1nncc(Nc2ccccc2Br)n1. The highest BCUT2D eigenvalue weighted by molar-refractivity contribution is 9.10. The third-order valence-electron chi connectivity index (χ3n) is 3.76. The van der Waals surface area contributed by atoms with Gasteiger partial charge in [0.1, 0.15) is 0 Å². The van der Waals surface area contributed by atoms with Crippen LogP contribution in [0.1, 0.15) is 19.4 Å². The molecule has 6 heteroatoms. The van der Waals surface area contributed by atoms with Gasteiger partial charge in [-0.15, -0.1) is 5.10 Å². The Labute approximate surface area is 156 Å². The van der Waals surface area contributed by atoms with Gasteiger partial charge in [-0.05, 0) is 47.5 Å². The van der Waals surface area contributed by atoms with Crippen molar-refractivity contribution in [3.63, 3.8) is 0 Å². The van der Waals surface area contributed by atoms with E-state index >= 15 is 0 Å². The molecule has 3 rings (SSSR count). The van der Waals surface area contributed by atoms with Crippen molar-refractivity contribution in [1.82, 2.24) is 15.2 Å². The predicted octanol–water partition coefficient (Wildman–Crippen LogP) is 4.79. The van der Waals surface area contributed by atoms with E-state index < -0.39 is 0 Å². The van der Waals surface area contributed by atoms with Gasteiger partial charge >= 0.3 is 0 Å². The van der Waals surface area contributed by atoms with Crippen LogP contribution in [-0.2, 0) is 6.54 Å². The molecule has 2 aromatic carbocycles. The van der Waals surface area contributed by atoms with E-state index in [-0.39, 0.29) is 6.04 Å². The molecule has 3 aromatic rings. The van der Waals surface area contributed by atoms with Crippen LogP contribution in [0, 0.1) is 0 Å². The van der Waals surface area contributed by atoms with Crippen LogP contribution in [0.3, 0.4) is 0 Å². The van der Waals surface area contributed by atoms with Gasteiger partial charge in [0.25, 0.3) is 0 Å². The van der Waals surface area contributed by atoms with E-state index in [1.807, 2.05) is 42.5 Å². The fraction of sp³-hybridized carbons (Fsp3) is 0.211. The topological polar surface area (TPSA) is 53.9 Å². The molecule has 0 aliphatic rings. The Morgan fingerprint density at radius 3 is 2.48 bits per heavy atom. The van der Waals surface area contributed by atoms with Gasteiger partial charge in [-0.2, -0.15) is 10.1 Å². The lowest BCUT2D eigenvalue weighted by atomic mass is 10.2. The van der Waals surface area contributed by atoms with Gasteiger partial charge < -0.3 is 10.2 Å². The molecule has 1 heterocycles. The summed E-state index contributed by atoms with van der Waals surface area (Å²) in [5, 5.41) is 11.6. The van der Waals surface area contributed by atoms with Crippen molar-refractivity contribution >= 4 is 33.4 Å². The summed E-state index contributed by atoms with van der Waals surface area (Å²) in [7, 11) is 0. The summed E-state index contributed by atoms with van der Waals surface area (Å²) in [6, 6.07) is 18.5. The number of aromatic nitrogens is 3. The molecular formula is C19H20BrN5. The lowest BCUT2D eigenvalue weighted by Crippen LogP contribution is -2.32. The lowest BCUT2D eigenvalue weighted by molar-refractivity contribution is 0.653. The lowest BCUT2D eigenvalue weighted by Gasteiger charge is -2.26. The molecule has 5 nitrogen and oxygen atoms in total. The van der Waals surface area contributed by atoms with Crippen LogP contribution in [0.4, 0.5) is 17.5 Å². The Hall–Kier alpha value is -2.47. The summed E-state index contributed by atoms with van der Waals surface area (Å²) in [4.78, 5) is 6.78. The highest BCUT2D eigenvalue weighted by Gasteiger charge is 2.15. The zero-order valence-electron chi connectivity index (χ0n) is 14.2. The maximum absolute atomic E-state index is 4.65. The summed E-state index contributed by atoms with van der Waals surface area (Å²) < 4.78 is 0.972. The minimum absolute atomic E-state index is 0.251. The third-order valence-corrected chi connectivity index (χ3v) is 4.45. The smallest absolute Gasteiger partial charge is 0.247 e. The zero-order chi connectivity index (χ0) is 17.6. The van der Waals surface area contributed by atoms with Crippen LogP contribution >= 0.6 is 15.9 Å². The molecule has 1 aromatic heterocycles. The number of rotatable bonds is 6. The number of hydrogen-bond acceptors (Lipinski definition) is 5. The molecule has 128 valence electrons. The molecule has 0 fully saturated rings. The molecule has 0 spiro atoms. The Bertz CT molecular complexity index is 823. The third kappa shape index (κ3) is 4.54. The second-order valence-corrected chi connectivity index (χ2v) is 6.81. The highest BCUT2D eigenvalue weighted by Crippen LogP contribution is 2.25. The van der Waals surface area contributed by atoms with E-state index in [0.717, 1.165) is 16.7 Å². The molecule has 0 amide bonds. The molecule has 0 atom stereocenters. The minimum atomic E-state index is 0.251. The van der Waals surface area contributed by atoms with Crippen molar-refractivity contribution in [2.24, 2.45) is 0 Å². The Kier molecular flexibility index (Phi) is 5.60. The Morgan fingerprint density at radius 2 is 1.76 bits per heavy atom. The molecule has 0 radical (unpaired) electrons. The monoisotopic (exact) mass is 397 g/mol. The average Bonchev–Trinajstić information content (AvgIpc) is 2.62. The Morgan fingerprint density at radius 1 is 1.04 bits per heavy atom. The van der Waals surface area contributed by atoms with Gasteiger partial charge in [-0.25, -0.2) is 0 Å². The summed E-state index contributed by atoms with van der Waals surface area (Å²) in [6.07, 6.45) is 1.63. The van der Waals surface area contributed by atoms with Crippen molar-refractivity contribution in [1.29, 1.82) is 0 Å². The first kappa shape index (κ1) is 17.4. The molecule has 0 unspecified atom stereocenters. The van der Waals surface area contributed by atoms with Crippen LogP contribution in [0.5, 0.6) is 0 Å². The molecule has 1 N–H and O–H groups in total. The first-order chi connectivity index (χ1) is 12.1. The quantitative estimate of drug-likeness (QED) is 0.647. The molecule has 0 bridgehead atoms. The first-order valence-corrected chi connectivity index (χ1v) is 8.94. The largest absolute Gasteiger partial charge is 0.338 e. The predicted molar refractivity (Wildman–Crippen MR) is 105 cm³/mol. The standard InChI is InChI=1S/C19H20BrN5/c1-14(2)25(13-15-8-4-3-5-9-15)19-23-18(12-21-24-19)22-17-11-7-6-10-16(17)20/h3-12,14H,13H2,1-2H3,(H,22,23,24). The second-order valence-electron chi connectivity index (χ2n) is 5.95. The van der Waals surface area contributed by atoms with Gasteiger partial charge in [-0.1, -0.05) is 42.5 Å². The normalized spacial score (nSPS) is 10.7. The van der Waals surface area contributed by atoms with Crippen molar-refractivity contribution in [3.05, 3.63) is 70.8 Å². The Balaban J connectivity index is 1.84. The number of benzene rings is 2. The summed E-state index contributed by atoms with van der Waals surface area (Å²) in [6.45, 7) is 4.99. The number of para-hydroxylation sites is 1. The van der Waals surface area contributed by atoms with E-state index in [2.05, 4.69) is 67.3 Å². The maximum atomic E-state index is 4.65. The van der Waals surface area contributed by atoms with Crippen molar-refractivity contribution in [3.8, 4) is 0 Å². The molecule has 0 saturated carbocycles. The van der Waals surface area contributed by atoms with Crippen LogP contribution < -0.4 is 10.2 Å². The van der Waals surface area contributed by atoms with Crippen LogP contribution in [0.2, 0.25) is 0 Å². The van der Waals surface area contributed by atoms with Crippen LogP contribution in [0.15, 0.2) is 65.3 Å². The zero-order valence-corrected chi connectivity index (χ0v) is 15.8. The van der Waals surface area contributed by atoms with E-state index in [9.17, 15) is 0 Å². The number of nitrogens with zero attached hydrogens (tertiary/aromatic N) is 4. The molecular weight excluding hydrogens is 378 g/mol. The van der Waals surface area contributed by atoms with Crippen molar-refractivity contribution < 1.29 is 0 Å². The van der Waals surface area contributed by atoms with Gasteiger partial charge in [-0.3, -0.25) is 0 Å². The maximum Gasteiger partial charge on any atom is 0.247 e. The van der Waals surface area contributed by atoms with Crippen molar-refractivity contribution in [2.75, 3.05) is 10.2 Å². The molecule has 25 heavy (non-hydrogen) atoms. The van der Waals surface area contributed by atoms with E-state index in [4.69, 9.17) is 0 Å². The van der Waals surface area contributed by atoms with Crippen LogP contribution in [-0.4, -0.2) is 21.2 Å². The molecule has 0 saturated heterocycles. The molecule has 0 aliphatic carbocycles. The number of hydrogen-bond donors (Lipinski definition) is 1. The van der Waals surface area contributed by atoms with Crippen LogP contribution in [0.25, 0.3) is 0 Å². The first-order valence-electron chi connectivity index (χ1n) is 8.15. The minimum Gasteiger partial charge on any atom is -0.338 e. The fourth-order valence-corrected chi connectivity index (χ4v) is 2.82. The van der Waals surface area contributed by atoms with Gasteiger partial charge in [0.2, 0.25) is 5.95 Å². The van der Waals surface area contributed by atoms with Gasteiger partial charge in [0.05, 0.1) is 11.9 Å². The van der Waals surface area contributed by atoms with Gasteiger partial charge in [0.15, 0.2) is 5.82 Å². The highest BCUT2D eigenvalue weighted by atomic mass is 79.9. The number of nitrogens with one attached hydrogen (secondary N) is 1. The summed E-state index contributed by atoms with van der Waals surface area (Å²) in [5.74, 6) is 1.27. The average molecular weight is 398 g/mol. The number of anilines is 3. The fourth-order valence-electron chi connectivity index (χ4n) is 2.44. The summed E-state index contributed by atoms with van der Waals surface area (Å²) >= 11 is 3.53. The van der Waals surface area contributed by atoms with E-state index in [0.29, 0.717) is 11.8 Å². The second kappa shape index (κ2) is 8.07. The molecule has 0 aliphatic heterocycles. The van der Waals surface area contributed by atoms with E-state index in [1.165, 1.54) is 5.56 Å². The van der Waals surface area contributed by atoms with E-state index in [1.54, 1.807) is 6.20 Å². The van der Waals surface area contributed by atoms with Crippen molar-refractivity contribution in [2.45, 2.75) is 26.4 Å². The summed E-state index contributed by atoms with van der Waals surface area (Å²) in [5.41, 5.74) is 2.15. The number of halogens is 1. The van der Waals surface area contributed by atoms with Gasteiger partial charge in [0, 0.05) is 17.1 Å².